The van der Waals surface area contributed by atoms with Crippen molar-refractivity contribution in [3.63, 3.8) is 0 Å². The fraction of sp³-hybridized carbons (Fsp3) is 0.231. The van der Waals surface area contributed by atoms with E-state index in [1.54, 1.807) is 13.0 Å². The molecule has 0 heterocycles. The molecular weight excluding hydrogens is 222 g/mol. The van der Waals surface area contributed by atoms with E-state index in [9.17, 15) is 4.79 Å². The van der Waals surface area contributed by atoms with E-state index in [-0.39, 0.29) is 0 Å². The van der Waals surface area contributed by atoms with Gasteiger partial charge in [0, 0.05) is 16.8 Å². The first-order chi connectivity index (χ1) is 7.67. The maximum Gasteiger partial charge on any atom is 0.151 e. The van der Waals surface area contributed by atoms with E-state index in [4.69, 9.17) is 17.0 Å². The lowest BCUT2D eigenvalue weighted by atomic mass is 10.2. The number of aldehydes is 1. The molecule has 0 bridgehead atoms. The Morgan fingerprint density at radius 2 is 1.94 bits per heavy atom. The van der Waals surface area contributed by atoms with Gasteiger partial charge in [0.1, 0.15) is 0 Å². The third-order valence-corrected chi connectivity index (χ3v) is 2.21. The van der Waals surface area contributed by atoms with Crippen molar-refractivity contribution in [3.05, 3.63) is 46.5 Å². The Kier molecular flexibility index (Phi) is 8.08. The zero-order valence-electron chi connectivity index (χ0n) is 9.53. The second-order valence-electron chi connectivity index (χ2n) is 3.03. The molecule has 0 fully saturated rings. The number of halogens is 1. The van der Waals surface area contributed by atoms with E-state index in [0.717, 1.165) is 17.7 Å². The quantitative estimate of drug-likeness (QED) is 0.486. The predicted molar refractivity (Wildman–Crippen MR) is 69.4 cm³/mol. The second kappa shape index (κ2) is 8.86. The molecule has 0 saturated heterocycles. The summed E-state index contributed by atoms with van der Waals surface area (Å²) in [7, 11) is 0. The summed E-state index contributed by atoms with van der Waals surface area (Å²) in [5.41, 5.74) is 1.75. The monoisotopic (exact) mass is 237 g/mol. The minimum Gasteiger partial charge on any atom is -0.308 e. The molecule has 0 saturated carbocycles. The molecule has 3 heteroatoms. The van der Waals surface area contributed by atoms with E-state index in [1.165, 1.54) is 5.56 Å². The minimum absolute atomic E-state index is 0.417. The summed E-state index contributed by atoms with van der Waals surface area (Å²) < 4.78 is 0. The number of benzene rings is 1. The molecule has 2 nitrogen and oxygen atoms in total. The molecule has 1 N–H and O–H groups in total. The van der Waals surface area contributed by atoms with Crippen LogP contribution in [0.4, 0.5) is 0 Å². The normalized spacial score (nSPS) is 10.1. The Morgan fingerprint density at radius 3 is 2.19 bits per heavy atom. The van der Waals surface area contributed by atoms with Gasteiger partial charge in [-0.25, -0.2) is 0 Å². The summed E-state index contributed by atoms with van der Waals surface area (Å²) in [6, 6.07) is 7.92. The zero-order valence-corrected chi connectivity index (χ0v) is 10.3. The van der Waals surface area contributed by atoms with Crippen LogP contribution < -0.4 is 0 Å². The third kappa shape index (κ3) is 6.14. The lowest BCUT2D eigenvalue weighted by molar-refractivity contribution is -0.104. The van der Waals surface area contributed by atoms with Gasteiger partial charge >= 0.3 is 0 Å². The molecule has 0 unspecified atom stereocenters. The highest BCUT2D eigenvalue weighted by atomic mass is 35.5. The number of hydrogen-bond donors (Lipinski definition) is 1. The Balaban J connectivity index is 0.000000293. The Bertz CT molecular complexity index is 345. The van der Waals surface area contributed by atoms with Crippen LogP contribution in [-0.2, 0) is 11.2 Å². The van der Waals surface area contributed by atoms with E-state index >= 15 is 0 Å². The van der Waals surface area contributed by atoms with E-state index in [1.807, 2.05) is 24.3 Å². The molecule has 0 amide bonds. The van der Waals surface area contributed by atoms with Crippen molar-refractivity contribution in [1.29, 1.82) is 5.41 Å². The molecular formula is C13H16ClNO. The number of carbonyl (C=O) groups excluding carboxylic acids is 1. The van der Waals surface area contributed by atoms with Gasteiger partial charge in [-0.05, 0) is 31.0 Å². The molecule has 86 valence electrons. The van der Waals surface area contributed by atoms with Crippen LogP contribution in [0.25, 0.3) is 0 Å². The molecule has 0 aliphatic rings. The molecule has 0 radical (unpaired) electrons. The highest BCUT2D eigenvalue weighted by Crippen LogP contribution is 2.09. The summed E-state index contributed by atoms with van der Waals surface area (Å²) in [6.45, 7) is 3.85. The van der Waals surface area contributed by atoms with Gasteiger partial charge in [0.15, 0.2) is 6.29 Å². The minimum atomic E-state index is 0.417. The van der Waals surface area contributed by atoms with Gasteiger partial charge in [-0.15, -0.1) is 0 Å². The number of allylic oxidation sites excluding steroid dienone is 2. The van der Waals surface area contributed by atoms with Gasteiger partial charge in [0.05, 0.1) is 0 Å². The molecule has 1 aromatic carbocycles. The molecule has 16 heavy (non-hydrogen) atoms. The Hall–Kier alpha value is -1.41. The maximum absolute atomic E-state index is 9.75. The van der Waals surface area contributed by atoms with Crippen molar-refractivity contribution in [2.75, 3.05) is 0 Å². The highest BCUT2D eigenvalue weighted by molar-refractivity contribution is 6.30. The van der Waals surface area contributed by atoms with Crippen molar-refractivity contribution in [3.8, 4) is 0 Å². The SMILES string of the molecule is C/C=C(\C=N)C=O.CCc1ccc(Cl)cc1. The lowest BCUT2D eigenvalue weighted by Crippen LogP contribution is -1.80. The molecule has 1 rings (SSSR count). The summed E-state index contributed by atoms with van der Waals surface area (Å²) in [4.78, 5) is 9.75. The van der Waals surface area contributed by atoms with Crippen LogP contribution in [-0.4, -0.2) is 12.5 Å². The number of nitrogens with one attached hydrogen (secondary N) is 1. The van der Waals surface area contributed by atoms with Crippen LogP contribution in [0.3, 0.4) is 0 Å². The van der Waals surface area contributed by atoms with Crippen LogP contribution in [0.2, 0.25) is 5.02 Å². The second-order valence-corrected chi connectivity index (χ2v) is 3.47. The summed E-state index contributed by atoms with van der Waals surface area (Å²) >= 11 is 5.67. The van der Waals surface area contributed by atoms with Crippen LogP contribution in [0.1, 0.15) is 19.4 Å². The number of rotatable bonds is 3. The fourth-order valence-corrected chi connectivity index (χ4v) is 1.03. The van der Waals surface area contributed by atoms with Crippen LogP contribution in [0.5, 0.6) is 0 Å². The Morgan fingerprint density at radius 1 is 1.38 bits per heavy atom. The first kappa shape index (κ1) is 14.6. The first-order valence-corrected chi connectivity index (χ1v) is 5.42. The van der Waals surface area contributed by atoms with Gasteiger partial charge in [-0.1, -0.05) is 36.7 Å². The van der Waals surface area contributed by atoms with Crippen molar-refractivity contribution < 1.29 is 4.79 Å². The summed E-state index contributed by atoms with van der Waals surface area (Å²) in [5, 5.41) is 7.35. The Labute approximate surface area is 101 Å². The van der Waals surface area contributed by atoms with Gasteiger partial charge < -0.3 is 5.41 Å². The van der Waals surface area contributed by atoms with Crippen LogP contribution >= 0.6 is 11.6 Å². The molecule has 0 aliphatic heterocycles. The smallest absolute Gasteiger partial charge is 0.151 e. The van der Waals surface area contributed by atoms with Crippen LogP contribution in [0.15, 0.2) is 35.9 Å². The van der Waals surface area contributed by atoms with Gasteiger partial charge in [-0.2, -0.15) is 0 Å². The fourth-order valence-electron chi connectivity index (χ4n) is 0.906. The topological polar surface area (TPSA) is 40.9 Å². The van der Waals surface area contributed by atoms with E-state index in [2.05, 4.69) is 6.92 Å². The van der Waals surface area contributed by atoms with Gasteiger partial charge in [-0.3, -0.25) is 4.79 Å². The summed E-state index contributed by atoms with van der Waals surface area (Å²) in [5.74, 6) is 0. The third-order valence-electron chi connectivity index (χ3n) is 1.96. The zero-order chi connectivity index (χ0) is 12.4. The van der Waals surface area contributed by atoms with Gasteiger partial charge in [0.2, 0.25) is 0 Å². The molecule has 0 aromatic heterocycles. The molecule has 1 aromatic rings. The molecule has 0 atom stereocenters. The average Bonchev–Trinajstić information content (AvgIpc) is 2.33. The molecule has 0 aliphatic carbocycles. The van der Waals surface area contributed by atoms with E-state index in [0.29, 0.717) is 11.9 Å². The standard InChI is InChI=1S/C8H9Cl.C5H7NO/c1-2-7-3-5-8(9)6-4-7;1-2-5(3-6)4-7/h3-6H,2H2,1H3;2-4,6H,1H3/b;5-2+,6-3?. The van der Waals surface area contributed by atoms with Crippen molar-refractivity contribution in [1.82, 2.24) is 0 Å². The number of hydrogen-bond acceptors (Lipinski definition) is 2. The van der Waals surface area contributed by atoms with Crippen molar-refractivity contribution in [2.24, 2.45) is 0 Å². The summed E-state index contributed by atoms with van der Waals surface area (Å²) in [6.07, 6.45) is 4.33. The predicted octanol–water partition coefficient (Wildman–Crippen LogP) is 3.68. The lowest BCUT2D eigenvalue weighted by Gasteiger charge is -1.93. The first-order valence-electron chi connectivity index (χ1n) is 5.04. The van der Waals surface area contributed by atoms with Crippen molar-refractivity contribution in [2.45, 2.75) is 20.3 Å². The molecule has 0 spiro atoms. The maximum atomic E-state index is 9.75. The van der Waals surface area contributed by atoms with Crippen molar-refractivity contribution >= 4 is 24.1 Å². The highest BCUT2D eigenvalue weighted by Gasteiger charge is 1.86. The van der Waals surface area contributed by atoms with Gasteiger partial charge in [0.25, 0.3) is 0 Å². The number of aryl methyl sites for hydroxylation is 1. The largest absolute Gasteiger partial charge is 0.308 e. The number of carbonyl (C=O) groups is 1. The van der Waals surface area contributed by atoms with Crippen LogP contribution in [0, 0.1) is 5.41 Å². The van der Waals surface area contributed by atoms with E-state index < -0.39 is 0 Å². The average molecular weight is 238 g/mol.